The number of unbranched alkanes of at least 4 members (excludes halogenated alkanes) is 10. The highest BCUT2D eigenvalue weighted by Gasteiger charge is 2.33. The van der Waals surface area contributed by atoms with Crippen LogP contribution in [-0.4, -0.2) is 22.8 Å². The van der Waals surface area contributed by atoms with Gasteiger partial charge in [-0.15, -0.1) is 0 Å². The molecule has 0 spiro atoms. The average Bonchev–Trinajstić information content (AvgIpc) is 2.76. The molecule has 1 unspecified atom stereocenters. The van der Waals surface area contributed by atoms with Gasteiger partial charge in [-0.1, -0.05) is 95.0 Å². The van der Waals surface area contributed by atoms with E-state index in [4.69, 9.17) is 14.6 Å². The number of esters is 1. The Hall–Kier alpha value is -1.88. The first kappa shape index (κ1) is 28.2. The van der Waals surface area contributed by atoms with E-state index in [-0.39, 0.29) is 12.4 Å². The number of hydrogen-bond donors (Lipinski definition) is 1. The quantitative estimate of drug-likeness (QED) is 0.128. The second kappa shape index (κ2) is 17.6. The van der Waals surface area contributed by atoms with Crippen molar-refractivity contribution in [3.63, 3.8) is 0 Å². The molecule has 0 saturated carbocycles. The molecule has 1 aromatic rings. The third-order valence-corrected chi connectivity index (χ3v) is 5.78. The van der Waals surface area contributed by atoms with Gasteiger partial charge < -0.3 is 14.6 Å². The SMILES string of the molecule is CCCCCCCCCCC(CCCCCCC(=O)O)(OCc1ccccc1)OC(C)=O. The molecular formula is C27H44O5. The summed E-state index contributed by atoms with van der Waals surface area (Å²) in [6.07, 6.45) is 14.6. The van der Waals surface area contributed by atoms with E-state index in [1.54, 1.807) is 0 Å². The van der Waals surface area contributed by atoms with Crippen molar-refractivity contribution in [3.8, 4) is 0 Å². The first-order chi connectivity index (χ1) is 15.5. The molecule has 182 valence electrons. The van der Waals surface area contributed by atoms with E-state index in [9.17, 15) is 9.59 Å². The standard InChI is InChI=1S/C27H44O5/c1-3-4-5-6-7-8-10-16-21-27(32-24(2)28,22-17-11-9-15-20-26(29)30)31-23-25-18-13-12-14-19-25/h12-14,18-19H,3-11,15-17,20-23H2,1-2H3,(H,29,30). The summed E-state index contributed by atoms with van der Waals surface area (Å²) in [6, 6.07) is 9.96. The van der Waals surface area contributed by atoms with E-state index in [2.05, 4.69) is 6.92 Å². The smallest absolute Gasteiger partial charge is 0.305 e. The van der Waals surface area contributed by atoms with E-state index in [0.717, 1.165) is 37.7 Å². The summed E-state index contributed by atoms with van der Waals surface area (Å²) in [5.41, 5.74) is 1.06. The monoisotopic (exact) mass is 448 g/mol. The number of ether oxygens (including phenoxy) is 2. The number of aliphatic carboxylic acids is 1. The van der Waals surface area contributed by atoms with Crippen LogP contribution in [-0.2, 0) is 25.7 Å². The molecule has 1 rings (SSSR count). The van der Waals surface area contributed by atoms with Gasteiger partial charge in [0, 0.05) is 26.2 Å². The lowest BCUT2D eigenvalue weighted by Gasteiger charge is -2.33. The molecule has 0 aliphatic heterocycles. The lowest BCUT2D eigenvalue weighted by molar-refractivity contribution is -0.243. The third kappa shape index (κ3) is 14.2. The molecule has 5 nitrogen and oxygen atoms in total. The Labute approximate surface area is 194 Å². The molecule has 5 heteroatoms. The van der Waals surface area contributed by atoms with Crippen LogP contribution in [0.25, 0.3) is 0 Å². The fourth-order valence-corrected chi connectivity index (χ4v) is 4.00. The molecular weight excluding hydrogens is 404 g/mol. The van der Waals surface area contributed by atoms with Crippen LogP contribution < -0.4 is 0 Å². The first-order valence-corrected chi connectivity index (χ1v) is 12.6. The van der Waals surface area contributed by atoms with Gasteiger partial charge in [0.2, 0.25) is 5.79 Å². The maximum Gasteiger partial charge on any atom is 0.305 e. The minimum Gasteiger partial charge on any atom is -0.481 e. The number of carboxylic acid groups (broad SMARTS) is 1. The molecule has 1 N–H and O–H groups in total. The largest absolute Gasteiger partial charge is 0.481 e. The zero-order valence-electron chi connectivity index (χ0n) is 20.3. The van der Waals surface area contributed by atoms with E-state index < -0.39 is 11.8 Å². The van der Waals surface area contributed by atoms with Crippen LogP contribution >= 0.6 is 0 Å². The minimum atomic E-state index is -0.906. The zero-order chi connectivity index (χ0) is 23.5. The average molecular weight is 449 g/mol. The maximum absolute atomic E-state index is 11.9. The maximum atomic E-state index is 11.9. The van der Waals surface area contributed by atoms with Crippen LogP contribution in [0.15, 0.2) is 30.3 Å². The molecule has 0 radical (unpaired) electrons. The summed E-state index contributed by atoms with van der Waals surface area (Å²) in [6.45, 7) is 4.08. The summed E-state index contributed by atoms with van der Waals surface area (Å²) in [5, 5.41) is 8.80. The van der Waals surface area contributed by atoms with Gasteiger partial charge in [-0.2, -0.15) is 0 Å². The molecule has 0 amide bonds. The van der Waals surface area contributed by atoms with Gasteiger partial charge in [-0.05, 0) is 24.8 Å². The third-order valence-electron chi connectivity index (χ3n) is 5.78. The molecule has 0 aliphatic rings. The normalized spacial score (nSPS) is 12.9. The van der Waals surface area contributed by atoms with Gasteiger partial charge in [0.15, 0.2) is 0 Å². The molecule has 0 aliphatic carbocycles. The molecule has 0 bridgehead atoms. The van der Waals surface area contributed by atoms with Crippen molar-refractivity contribution in [2.75, 3.05) is 0 Å². The number of rotatable bonds is 20. The summed E-state index contributed by atoms with van der Waals surface area (Å²) in [4.78, 5) is 22.6. The van der Waals surface area contributed by atoms with Crippen LogP contribution in [0.5, 0.6) is 0 Å². The van der Waals surface area contributed by atoms with E-state index in [0.29, 0.717) is 25.9 Å². The van der Waals surface area contributed by atoms with Gasteiger partial charge in [0.05, 0.1) is 6.61 Å². The highest BCUT2D eigenvalue weighted by molar-refractivity contribution is 5.66. The lowest BCUT2D eigenvalue weighted by Crippen LogP contribution is -2.37. The molecule has 0 aromatic heterocycles. The Balaban J connectivity index is 2.61. The highest BCUT2D eigenvalue weighted by Crippen LogP contribution is 2.30. The van der Waals surface area contributed by atoms with Crippen molar-refractivity contribution in [2.24, 2.45) is 0 Å². The predicted octanol–water partition coefficient (Wildman–Crippen LogP) is 7.42. The van der Waals surface area contributed by atoms with Gasteiger partial charge in [0.25, 0.3) is 0 Å². The molecule has 0 saturated heterocycles. The van der Waals surface area contributed by atoms with Crippen molar-refractivity contribution in [2.45, 2.75) is 123 Å². The molecule has 1 aromatic carbocycles. The molecule has 32 heavy (non-hydrogen) atoms. The van der Waals surface area contributed by atoms with Crippen molar-refractivity contribution >= 4 is 11.9 Å². The van der Waals surface area contributed by atoms with Gasteiger partial charge in [-0.3, -0.25) is 9.59 Å². The number of carboxylic acids is 1. The molecule has 0 heterocycles. The van der Waals surface area contributed by atoms with Crippen LogP contribution in [0, 0.1) is 0 Å². The Morgan fingerprint density at radius 3 is 1.88 bits per heavy atom. The fraction of sp³-hybridized carbons (Fsp3) is 0.704. The first-order valence-electron chi connectivity index (χ1n) is 12.6. The molecule has 0 fully saturated rings. The summed E-state index contributed by atoms with van der Waals surface area (Å²) in [5.74, 6) is -1.97. The second-order valence-corrected chi connectivity index (χ2v) is 8.81. The predicted molar refractivity (Wildman–Crippen MR) is 128 cm³/mol. The van der Waals surface area contributed by atoms with Crippen molar-refractivity contribution < 1.29 is 24.2 Å². The Kier molecular flexibility index (Phi) is 15.5. The van der Waals surface area contributed by atoms with Gasteiger partial charge >= 0.3 is 11.9 Å². The number of benzene rings is 1. The van der Waals surface area contributed by atoms with Crippen LogP contribution in [0.1, 0.15) is 116 Å². The number of carbonyl (C=O) groups is 2. The Bertz CT molecular complexity index is 616. The second-order valence-electron chi connectivity index (χ2n) is 8.81. The summed E-state index contributed by atoms with van der Waals surface area (Å²) in [7, 11) is 0. The van der Waals surface area contributed by atoms with Crippen LogP contribution in [0.2, 0.25) is 0 Å². The van der Waals surface area contributed by atoms with Crippen molar-refractivity contribution in [1.82, 2.24) is 0 Å². The van der Waals surface area contributed by atoms with Crippen LogP contribution in [0.4, 0.5) is 0 Å². The van der Waals surface area contributed by atoms with Crippen molar-refractivity contribution in [1.29, 1.82) is 0 Å². The Morgan fingerprint density at radius 2 is 1.34 bits per heavy atom. The van der Waals surface area contributed by atoms with E-state index in [1.165, 1.54) is 45.4 Å². The van der Waals surface area contributed by atoms with Crippen LogP contribution in [0.3, 0.4) is 0 Å². The highest BCUT2D eigenvalue weighted by atomic mass is 16.7. The molecule has 1 atom stereocenters. The van der Waals surface area contributed by atoms with Gasteiger partial charge in [-0.25, -0.2) is 0 Å². The van der Waals surface area contributed by atoms with E-state index in [1.807, 2.05) is 30.3 Å². The number of hydrogen-bond acceptors (Lipinski definition) is 4. The number of carbonyl (C=O) groups excluding carboxylic acids is 1. The zero-order valence-corrected chi connectivity index (χ0v) is 20.3. The summed E-state index contributed by atoms with van der Waals surface area (Å²) >= 11 is 0. The Morgan fingerprint density at radius 1 is 0.812 bits per heavy atom. The minimum absolute atomic E-state index is 0.206. The van der Waals surface area contributed by atoms with Crippen molar-refractivity contribution in [3.05, 3.63) is 35.9 Å². The van der Waals surface area contributed by atoms with E-state index >= 15 is 0 Å². The fourth-order valence-electron chi connectivity index (χ4n) is 4.00. The lowest BCUT2D eigenvalue weighted by atomic mass is 9.98. The van der Waals surface area contributed by atoms with Gasteiger partial charge in [0.1, 0.15) is 0 Å². The topological polar surface area (TPSA) is 72.8 Å². The summed E-state index contributed by atoms with van der Waals surface area (Å²) < 4.78 is 12.1.